The maximum atomic E-state index is 12.8. The number of carbonyl (C=O) groups is 1. The van der Waals surface area contributed by atoms with Gasteiger partial charge in [-0.15, -0.1) is 36.2 Å². The van der Waals surface area contributed by atoms with E-state index < -0.39 is 11.7 Å². The van der Waals surface area contributed by atoms with Crippen LogP contribution in [0, 0.1) is 0 Å². The summed E-state index contributed by atoms with van der Waals surface area (Å²) < 4.78 is 38.3. The summed E-state index contributed by atoms with van der Waals surface area (Å²) in [5.74, 6) is -0.169. The first-order chi connectivity index (χ1) is 11.3. The van der Waals surface area contributed by atoms with Gasteiger partial charge in [0.1, 0.15) is 5.01 Å². The lowest BCUT2D eigenvalue weighted by Gasteiger charge is -2.10. The Labute approximate surface area is 166 Å². The van der Waals surface area contributed by atoms with E-state index in [4.69, 9.17) is 0 Å². The second kappa shape index (κ2) is 10.7. The number of aromatic nitrogens is 1. The Morgan fingerprint density at radius 2 is 2.00 bits per heavy atom. The molecule has 1 amide bonds. The third-order valence-corrected chi connectivity index (χ3v) is 4.37. The van der Waals surface area contributed by atoms with E-state index in [1.54, 1.807) is 18.5 Å². The predicted molar refractivity (Wildman–Crippen MR) is 102 cm³/mol. The Morgan fingerprint density at radius 3 is 2.62 bits per heavy atom. The van der Waals surface area contributed by atoms with Gasteiger partial charge < -0.3 is 10.6 Å². The standard InChI is InChI=1S/C16H18F3N3OS.2ClH/c1-10(20-2)8-21-14(23)7-13-9-24-15(22-13)11-4-3-5-12(6-11)16(17,18)19;;/h3-6,9-10,20H,7-8H2,1-2H3,(H,21,23);2*1H. The average Bonchev–Trinajstić information content (AvgIpc) is 3.00. The molecule has 1 atom stereocenters. The number of halogens is 5. The second-order valence-electron chi connectivity index (χ2n) is 5.39. The third-order valence-electron chi connectivity index (χ3n) is 3.43. The molecular formula is C16H20Cl2F3N3OS. The van der Waals surface area contributed by atoms with Crippen molar-refractivity contribution in [3.8, 4) is 10.6 Å². The summed E-state index contributed by atoms with van der Waals surface area (Å²) in [7, 11) is 1.80. The molecule has 0 aliphatic heterocycles. The van der Waals surface area contributed by atoms with Crippen LogP contribution in [0.1, 0.15) is 18.2 Å². The fourth-order valence-corrected chi connectivity index (χ4v) is 2.76. The monoisotopic (exact) mass is 429 g/mol. The molecule has 1 aromatic heterocycles. The van der Waals surface area contributed by atoms with Crippen molar-refractivity contribution in [1.82, 2.24) is 15.6 Å². The van der Waals surface area contributed by atoms with Crippen molar-refractivity contribution in [2.24, 2.45) is 0 Å². The zero-order valence-electron chi connectivity index (χ0n) is 14.1. The minimum absolute atomic E-state index is 0. The van der Waals surface area contributed by atoms with E-state index in [2.05, 4.69) is 15.6 Å². The molecular weight excluding hydrogens is 410 g/mol. The van der Waals surface area contributed by atoms with Crippen LogP contribution < -0.4 is 10.6 Å². The molecule has 0 saturated carbocycles. The first kappa shape index (κ1) is 24.7. The van der Waals surface area contributed by atoms with Crippen molar-refractivity contribution in [1.29, 1.82) is 0 Å². The number of rotatable bonds is 6. The molecule has 0 radical (unpaired) electrons. The smallest absolute Gasteiger partial charge is 0.354 e. The highest BCUT2D eigenvalue weighted by molar-refractivity contribution is 7.13. The van der Waals surface area contributed by atoms with Gasteiger partial charge in [0.15, 0.2) is 0 Å². The van der Waals surface area contributed by atoms with E-state index in [0.717, 1.165) is 12.1 Å². The molecule has 1 heterocycles. The molecule has 10 heteroatoms. The zero-order valence-corrected chi connectivity index (χ0v) is 16.5. The average molecular weight is 430 g/mol. The predicted octanol–water partition coefficient (Wildman–Crippen LogP) is 3.94. The van der Waals surface area contributed by atoms with Gasteiger partial charge in [0.05, 0.1) is 17.7 Å². The van der Waals surface area contributed by atoms with Crippen LogP contribution in [0.4, 0.5) is 13.2 Å². The molecule has 0 fully saturated rings. The molecule has 0 aliphatic rings. The lowest BCUT2D eigenvalue weighted by atomic mass is 10.1. The van der Waals surface area contributed by atoms with Gasteiger partial charge in [0, 0.05) is 23.5 Å². The molecule has 0 aliphatic carbocycles. The van der Waals surface area contributed by atoms with Gasteiger partial charge in [0.25, 0.3) is 0 Å². The molecule has 26 heavy (non-hydrogen) atoms. The Morgan fingerprint density at radius 1 is 1.31 bits per heavy atom. The van der Waals surface area contributed by atoms with Crippen LogP contribution in [0.25, 0.3) is 10.6 Å². The summed E-state index contributed by atoms with van der Waals surface area (Å²) >= 11 is 1.22. The number of likely N-dealkylation sites (N-methyl/N-ethyl adjacent to an activating group) is 1. The van der Waals surface area contributed by atoms with Gasteiger partial charge in [0.2, 0.25) is 5.91 Å². The van der Waals surface area contributed by atoms with E-state index >= 15 is 0 Å². The Kier molecular flexibility index (Phi) is 10.2. The molecule has 0 spiro atoms. The van der Waals surface area contributed by atoms with Crippen molar-refractivity contribution >= 4 is 42.1 Å². The van der Waals surface area contributed by atoms with Crippen LogP contribution in [-0.4, -0.2) is 30.5 Å². The number of alkyl halides is 3. The summed E-state index contributed by atoms with van der Waals surface area (Å²) in [4.78, 5) is 16.1. The minimum Gasteiger partial charge on any atom is -0.354 e. The second-order valence-corrected chi connectivity index (χ2v) is 6.25. The Bertz CT molecular complexity index is 710. The number of thiazole rings is 1. The first-order valence-corrected chi connectivity index (χ1v) is 8.23. The van der Waals surface area contributed by atoms with E-state index in [9.17, 15) is 18.0 Å². The lowest BCUT2D eigenvalue weighted by molar-refractivity contribution is -0.137. The van der Waals surface area contributed by atoms with Crippen molar-refractivity contribution in [3.05, 3.63) is 40.9 Å². The van der Waals surface area contributed by atoms with Crippen molar-refractivity contribution in [3.63, 3.8) is 0 Å². The summed E-state index contributed by atoms with van der Waals surface area (Å²) in [6.07, 6.45) is -4.29. The Balaban J connectivity index is 0.00000312. The van der Waals surface area contributed by atoms with Gasteiger partial charge in [-0.2, -0.15) is 13.2 Å². The van der Waals surface area contributed by atoms with Crippen molar-refractivity contribution in [2.75, 3.05) is 13.6 Å². The maximum absolute atomic E-state index is 12.8. The molecule has 2 aromatic rings. The molecule has 146 valence electrons. The Hall–Kier alpha value is -1.35. The fourth-order valence-electron chi connectivity index (χ4n) is 1.95. The van der Waals surface area contributed by atoms with Gasteiger partial charge in [-0.05, 0) is 26.1 Å². The summed E-state index contributed by atoms with van der Waals surface area (Å²) in [5.41, 5.74) is 0.225. The SMILES string of the molecule is CNC(C)CNC(=O)Cc1csc(-c2cccc(C(F)(F)F)c2)n1.Cl.Cl. The van der Waals surface area contributed by atoms with Crippen LogP contribution in [0.15, 0.2) is 29.6 Å². The highest BCUT2D eigenvalue weighted by Gasteiger charge is 2.30. The third kappa shape index (κ3) is 7.11. The number of benzene rings is 1. The van der Waals surface area contributed by atoms with Crippen LogP contribution in [0.2, 0.25) is 0 Å². The number of hydrogen-bond acceptors (Lipinski definition) is 4. The van der Waals surface area contributed by atoms with Gasteiger partial charge in [-0.3, -0.25) is 4.79 Å². The van der Waals surface area contributed by atoms with Crippen molar-refractivity contribution < 1.29 is 18.0 Å². The first-order valence-electron chi connectivity index (χ1n) is 7.35. The number of carbonyl (C=O) groups excluding carboxylic acids is 1. The van der Waals surface area contributed by atoms with Crippen LogP contribution in [0.5, 0.6) is 0 Å². The maximum Gasteiger partial charge on any atom is 0.416 e. The number of nitrogens with zero attached hydrogens (tertiary/aromatic N) is 1. The lowest BCUT2D eigenvalue weighted by Crippen LogP contribution is -2.37. The molecule has 1 unspecified atom stereocenters. The van der Waals surface area contributed by atoms with Crippen LogP contribution in [-0.2, 0) is 17.4 Å². The summed E-state index contributed by atoms with van der Waals surface area (Å²) in [6.45, 7) is 2.44. The fraction of sp³-hybridized carbons (Fsp3) is 0.375. The van der Waals surface area contributed by atoms with Crippen molar-refractivity contribution in [2.45, 2.75) is 25.6 Å². The summed E-state index contributed by atoms with van der Waals surface area (Å²) in [5, 5.41) is 7.94. The van der Waals surface area contributed by atoms with Crippen LogP contribution in [0.3, 0.4) is 0 Å². The van der Waals surface area contributed by atoms with Crippen LogP contribution >= 0.6 is 36.2 Å². The zero-order chi connectivity index (χ0) is 17.7. The van der Waals surface area contributed by atoms with E-state index in [-0.39, 0.29) is 43.2 Å². The van der Waals surface area contributed by atoms with Gasteiger partial charge in [-0.1, -0.05) is 12.1 Å². The van der Waals surface area contributed by atoms with E-state index in [1.807, 2.05) is 6.92 Å². The molecule has 0 saturated heterocycles. The number of nitrogens with one attached hydrogen (secondary N) is 2. The normalized spacial score (nSPS) is 11.9. The molecule has 1 aromatic carbocycles. The van der Waals surface area contributed by atoms with E-state index in [0.29, 0.717) is 22.8 Å². The molecule has 2 rings (SSSR count). The topological polar surface area (TPSA) is 54.0 Å². The molecule has 4 nitrogen and oxygen atoms in total. The summed E-state index contributed by atoms with van der Waals surface area (Å²) in [6, 6.07) is 5.17. The molecule has 0 bridgehead atoms. The highest BCUT2D eigenvalue weighted by Crippen LogP contribution is 2.33. The van der Waals surface area contributed by atoms with Gasteiger partial charge in [-0.25, -0.2) is 4.98 Å². The largest absolute Gasteiger partial charge is 0.416 e. The molecule has 2 N–H and O–H groups in total. The quantitative estimate of drug-likeness (QED) is 0.730. The number of hydrogen-bond donors (Lipinski definition) is 2. The number of amides is 1. The van der Waals surface area contributed by atoms with Gasteiger partial charge >= 0.3 is 6.18 Å². The highest BCUT2D eigenvalue weighted by atomic mass is 35.5. The minimum atomic E-state index is -4.39. The van der Waals surface area contributed by atoms with E-state index in [1.165, 1.54) is 17.4 Å².